The summed E-state index contributed by atoms with van der Waals surface area (Å²) in [6.07, 6.45) is 2.28. The zero-order chi connectivity index (χ0) is 10.7. The largest absolute Gasteiger partial charge is 0.494 e. The summed E-state index contributed by atoms with van der Waals surface area (Å²) in [6, 6.07) is 8.46. The molecule has 0 bridgehead atoms. The zero-order valence-electron chi connectivity index (χ0n) is 9.55. The fraction of sp³-hybridized carbons (Fsp3) is 0.538. The number of hydrogen-bond acceptors (Lipinski definition) is 2. The summed E-state index contributed by atoms with van der Waals surface area (Å²) in [6.45, 7) is 6.30. The molecule has 0 radical (unpaired) electrons. The first-order valence-corrected chi connectivity index (χ1v) is 5.73. The number of benzene rings is 1. The van der Waals surface area contributed by atoms with Gasteiger partial charge in [-0.25, -0.2) is 0 Å². The van der Waals surface area contributed by atoms with Crippen molar-refractivity contribution in [2.45, 2.75) is 32.2 Å². The molecular formula is C13H19NO. The lowest BCUT2D eigenvalue weighted by atomic mass is 9.83. The fourth-order valence-corrected chi connectivity index (χ4v) is 1.89. The average Bonchev–Trinajstić information content (AvgIpc) is 2.24. The molecule has 1 atom stereocenters. The highest BCUT2D eigenvalue weighted by Gasteiger charge is 2.32. The summed E-state index contributed by atoms with van der Waals surface area (Å²) in [7, 11) is 0. The van der Waals surface area contributed by atoms with Gasteiger partial charge in [0.25, 0.3) is 0 Å². The minimum absolute atomic E-state index is 0.198. The maximum atomic E-state index is 5.55. The maximum Gasteiger partial charge on any atom is 0.119 e. The van der Waals surface area contributed by atoms with Crippen molar-refractivity contribution in [3.8, 4) is 5.75 Å². The molecule has 15 heavy (non-hydrogen) atoms. The van der Waals surface area contributed by atoms with E-state index in [1.165, 1.54) is 12.0 Å². The number of ether oxygens (including phenoxy) is 1. The second-order valence-corrected chi connectivity index (χ2v) is 4.38. The second kappa shape index (κ2) is 4.23. The van der Waals surface area contributed by atoms with E-state index in [0.29, 0.717) is 0 Å². The van der Waals surface area contributed by atoms with Crippen molar-refractivity contribution in [2.24, 2.45) is 0 Å². The van der Waals surface area contributed by atoms with Crippen LogP contribution in [0.4, 0.5) is 0 Å². The summed E-state index contributed by atoms with van der Waals surface area (Å²) >= 11 is 0. The highest BCUT2D eigenvalue weighted by Crippen LogP contribution is 2.31. The summed E-state index contributed by atoms with van der Waals surface area (Å²) in [4.78, 5) is 0. The molecule has 0 aliphatic carbocycles. The number of hydrogen-bond donors (Lipinski definition) is 1. The lowest BCUT2D eigenvalue weighted by Gasteiger charge is -2.40. The molecule has 1 fully saturated rings. The molecule has 1 unspecified atom stereocenters. The molecule has 0 aromatic heterocycles. The minimum Gasteiger partial charge on any atom is -0.494 e. The predicted octanol–water partition coefficient (Wildman–Crippen LogP) is 2.68. The van der Waals surface area contributed by atoms with Crippen LogP contribution in [0.15, 0.2) is 24.3 Å². The van der Waals surface area contributed by atoms with Gasteiger partial charge >= 0.3 is 0 Å². The Hall–Kier alpha value is -1.02. The molecule has 2 rings (SSSR count). The quantitative estimate of drug-likeness (QED) is 0.816. The van der Waals surface area contributed by atoms with E-state index < -0.39 is 0 Å². The van der Waals surface area contributed by atoms with Crippen molar-refractivity contribution in [1.29, 1.82) is 0 Å². The van der Waals surface area contributed by atoms with E-state index in [4.69, 9.17) is 4.74 Å². The van der Waals surface area contributed by atoms with Crippen LogP contribution in [-0.2, 0) is 5.54 Å². The Balaban J connectivity index is 2.03. The van der Waals surface area contributed by atoms with Gasteiger partial charge < -0.3 is 10.1 Å². The van der Waals surface area contributed by atoms with Crippen molar-refractivity contribution >= 4 is 0 Å². The molecule has 1 N–H and O–H groups in total. The van der Waals surface area contributed by atoms with Crippen molar-refractivity contribution in [1.82, 2.24) is 5.32 Å². The first kappa shape index (κ1) is 10.5. The molecule has 1 aliphatic heterocycles. The van der Waals surface area contributed by atoms with Crippen LogP contribution >= 0.6 is 0 Å². The highest BCUT2D eigenvalue weighted by atomic mass is 16.5. The van der Waals surface area contributed by atoms with Crippen molar-refractivity contribution in [3.63, 3.8) is 0 Å². The number of nitrogens with one attached hydrogen (secondary N) is 1. The molecule has 0 amide bonds. The molecule has 1 aromatic rings. The van der Waals surface area contributed by atoms with E-state index in [-0.39, 0.29) is 5.54 Å². The summed E-state index contributed by atoms with van der Waals surface area (Å²) in [5, 5.41) is 3.46. The second-order valence-electron chi connectivity index (χ2n) is 4.38. The van der Waals surface area contributed by atoms with Gasteiger partial charge in [0.1, 0.15) is 5.75 Å². The molecule has 0 spiro atoms. The van der Waals surface area contributed by atoms with Gasteiger partial charge in [-0.2, -0.15) is 0 Å². The van der Waals surface area contributed by atoms with E-state index in [1.54, 1.807) is 0 Å². The van der Waals surface area contributed by atoms with Crippen LogP contribution in [0.3, 0.4) is 0 Å². The van der Waals surface area contributed by atoms with Crippen LogP contribution in [0.25, 0.3) is 0 Å². The molecule has 1 heterocycles. The van der Waals surface area contributed by atoms with Crippen LogP contribution < -0.4 is 10.1 Å². The SMILES string of the molecule is CCCOc1ccc(C2(C)CCN2)cc1. The Kier molecular flexibility index (Phi) is 2.96. The molecule has 1 aliphatic rings. The lowest BCUT2D eigenvalue weighted by Crippen LogP contribution is -2.51. The van der Waals surface area contributed by atoms with Gasteiger partial charge in [0.15, 0.2) is 0 Å². The van der Waals surface area contributed by atoms with E-state index in [2.05, 4.69) is 43.4 Å². The third-order valence-corrected chi connectivity index (χ3v) is 3.10. The van der Waals surface area contributed by atoms with Crippen LogP contribution in [-0.4, -0.2) is 13.2 Å². The maximum absolute atomic E-state index is 5.55. The summed E-state index contributed by atoms with van der Waals surface area (Å²) in [5.74, 6) is 0.975. The Morgan fingerprint density at radius 1 is 1.33 bits per heavy atom. The van der Waals surface area contributed by atoms with Gasteiger partial charge in [0.05, 0.1) is 6.61 Å². The van der Waals surface area contributed by atoms with E-state index in [9.17, 15) is 0 Å². The number of rotatable bonds is 4. The Morgan fingerprint density at radius 3 is 2.47 bits per heavy atom. The minimum atomic E-state index is 0.198. The highest BCUT2D eigenvalue weighted by molar-refractivity contribution is 5.32. The third-order valence-electron chi connectivity index (χ3n) is 3.10. The lowest BCUT2D eigenvalue weighted by molar-refractivity contribution is 0.236. The van der Waals surface area contributed by atoms with E-state index in [1.807, 2.05) is 0 Å². The molecular weight excluding hydrogens is 186 g/mol. The van der Waals surface area contributed by atoms with Gasteiger partial charge in [-0.3, -0.25) is 0 Å². The average molecular weight is 205 g/mol. The zero-order valence-corrected chi connectivity index (χ0v) is 9.55. The first-order chi connectivity index (χ1) is 7.24. The topological polar surface area (TPSA) is 21.3 Å². The summed E-state index contributed by atoms with van der Waals surface area (Å²) < 4.78 is 5.55. The standard InChI is InChI=1S/C13H19NO/c1-3-10-15-12-6-4-11(5-7-12)13(2)8-9-14-13/h4-7,14H,3,8-10H2,1-2H3. The first-order valence-electron chi connectivity index (χ1n) is 5.73. The Bertz CT molecular complexity index is 314. The molecule has 82 valence electrons. The van der Waals surface area contributed by atoms with Crippen molar-refractivity contribution < 1.29 is 4.74 Å². The van der Waals surface area contributed by atoms with E-state index >= 15 is 0 Å². The normalized spacial score (nSPS) is 24.7. The van der Waals surface area contributed by atoms with Crippen LogP contribution in [0.5, 0.6) is 5.75 Å². The molecule has 2 heteroatoms. The molecule has 2 nitrogen and oxygen atoms in total. The smallest absolute Gasteiger partial charge is 0.119 e. The monoisotopic (exact) mass is 205 g/mol. The molecule has 1 saturated heterocycles. The van der Waals surface area contributed by atoms with Crippen LogP contribution in [0, 0.1) is 0 Å². The van der Waals surface area contributed by atoms with Gasteiger partial charge in [0, 0.05) is 5.54 Å². The van der Waals surface area contributed by atoms with Crippen LogP contribution in [0.2, 0.25) is 0 Å². The Morgan fingerprint density at radius 2 is 2.00 bits per heavy atom. The third kappa shape index (κ3) is 2.15. The van der Waals surface area contributed by atoms with Crippen molar-refractivity contribution in [2.75, 3.05) is 13.2 Å². The summed E-state index contributed by atoms with van der Waals surface area (Å²) in [5.41, 5.74) is 1.56. The fourth-order valence-electron chi connectivity index (χ4n) is 1.89. The molecule has 1 aromatic carbocycles. The van der Waals surface area contributed by atoms with Gasteiger partial charge in [-0.1, -0.05) is 19.1 Å². The predicted molar refractivity (Wildman–Crippen MR) is 62.2 cm³/mol. The van der Waals surface area contributed by atoms with Gasteiger partial charge in [-0.05, 0) is 44.0 Å². The van der Waals surface area contributed by atoms with E-state index in [0.717, 1.165) is 25.3 Å². The van der Waals surface area contributed by atoms with Crippen molar-refractivity contribution in [3.05, 3.63) is 29.8 Å². The van der Waals surface area contributed by atoms with Gasteiger partial charge in [-0.15, -0.1) is 0 Å². The van der Waals surface area contributed by atoms with Crippen LogP contribution in [0.1, 0.15) is 32.3 Å². The molecule has 0 saturated carbocycles. The Labute approximate surface area is 91.6 Å². The van der Waals surface area contributed by atoms with Gasteiger partial charge in [0.2, 0.25) is 0 Å².